The molecule has 4 aromatic rings. The molecule has 1 aromatic heterocycles. The first-order chi connectivity index (χ1) is 13.7. The Kier molecular flexibility index (Phi) is 5.50. The molecule has 0 N–H and O–H groups in total. The second kappa shape index (κ2) is 8.37. The van der Waals surface area contributed by atoms with Gasteiger partial charge in [-0.25, -0.2) is 0 Å². The molecule has 0 aliphatic heterocycles. The third kappa shape index (κ3) is 3.97. The molecule has 0 spiro atoms. The number of hydrogen-bond donors (Lipinski definition) is 0. The predicted octanol–water partition coefficient (Wildman–Crippen LogP) is 6.56. The van der Waals surface area contributed by atoms with Gasteiger partial charge in [-0.1, -0.05) is 84.9 Å². The summed E-state index contributed by atoms with van der Waals surface area (Å²) in [7, 11) is 0. The Morgan fingerprint density at radius 1 is 0.679 bits per heavy atom. The van der Waals surface area contributed by atoms with E-state index in [4.69, 9.17) is 4.98 Å². The van der Waals surface area contributed by atoms with E-state index in [2.05, 4.69) is 110 Å². The van der Waals surface area contributed by atoms with Gasteiger partial charge in [0.2, 0.25) is 0 Å². The topological polar surface area (TPSA) is 16.1 Å². The molecular formula is C26H26N2. The Bertz CT molecular complexity index is 982. The zero-order valence-corrected chi connectivity index (χ0v) is 16.5. The summed E-state index contributed by atoms with van der Waals surface area (Å²) in [6, 6.07) is 32.7. The minimum atomic E-state index is 0.282. The van der Waals surface area contributed by atoms with E-state index in [0.29, 0.717) is 0 Å². The highest BCUT2D eigenvalue weighted by molar-refractivity contribution is 5.81. The number of fused-ring (bicyclic) bond motifs is 1. The third-order valence-electron chi connectivity index (χ3n) is 5.59. The van der Waals surface area contributed by atoms with Crippen molar-refractivity contribution >= 4 is 10.8 Å². The van der Waals surface area contributed by atoms with E-state index < -0.39 is 0 Å². The quantitative estimate of drug-likeness (QED) is 0.384. The van der Waals surface area contributed by atoms with Crippen molar-refractivity contribution in [2.75, 3.05) is 0 Å². The van der Waals surface area contributed by atoms with Gasteiger partial charge in [-0.15, -0.1) is 0 Å². The van der Waals surface area contributed by atoms with Gasteiger partial charge in [0.25, 0.3) is 0 Å². The van der Waals surface area contributed by atoms with Gasteiger partial charge in [-0.2, -0.15) is 0 Å². The van der Waals surface area contributed by atoms with Crippen LogP contribution in [0.15, 0.2) is 97.2 Å². The summed E-state index contributed by atoms with van der Waals surface area (Å²) in [4.78, 5) is 7.29. The van der Waals surface area contributed by atoms with Crippen molar-refractivity contribution in [3.8, 4) is 0 Å². The second-order valence-electron chi connectivity index (χ2n) is 7.37. The molecule has 140 valence electrons. The largest absolute Gasteiger partial charge is 0.284 e. The minimum Gasteiger partial charge on any atom is -0.284 e. The summed E-state index contributed by atoms with van der Waals surface area (Å²) >= 11 is 0. The van der Waals surface area contributed by atoms with Crippen molar-refractivity contribution < 1.29 is 0 Å². The number of pyridine rings is 1. The maximum atomic E-state index is 4.76. The maximum absolute atomic E-state index is 4.76. The number of nitrogens with zero attached hydrogens (tertiary/aromatic N) is 2. The highest BCUT2D eigenvalue weighted by Gasteiger charge is 2.23. The minimum absolute atomic E-state index is 0.282. The van der Waals surface area contributed by atoms with Gasteiger partial charge in [-0.3, -0.25) is 9.88 Å². The van der Waals surface area contributed by atoms with Crippen molar-refractivity contribution in [3.63, 3.8) is 0 Å². The lowest BCUT2D eigenvalue weighted by molar-refractivity contribution is 0.143. The molecule has 1 heterocycles. The summed E-state index contributed by atoms with van der Waals surface area (Å²) in [5.74, 6) is 0. The van der Waals surface area contributed by atoms with Gasteiger partial charge in [0, 0.05) is 30.2 Å². The summed E-state index contributed by atoms with van der Waals surface area (Å²) in [6.07, 6.45) is 1.99. The van der Waals surface area contributed by atoms with E-state index >= 15 is 0 Å². The molecule has 0 aliphatic carbocycles. The van der Waals surface area contributed by atoms with Crippen LogP contribution < -0.4 is 0 Å². The van der Waals surface area contributed by atoms with Gasteiger partial charge in [0.1, 0.15) is 0 Å². The normalized spacial score (nSPS) is 13.5. The van der Waals surface area contributed by atoms with E-state index in [1.165, 1.54) is 21.9 Å². The fourth-order valence-corrected chi connectivity index (χ4v) is 3.86. The SMILES string of the molecule is C[C@H](c1ccccc1)N(Cc1cc2ccccc2cn1)[C@H](C)c1ccccc1. The lowest BCUT2D eigenvalue weighted by Gasteiger charge is -2.35. The lowest BCUT2D eigenvalue weighted by atomic mass is 10.0. The fraction of sp³-hybridized carbons (Fsp3) is 0.192. The average Bonchev–Trinajstić information content (AvgIpc) is 2.77. The Hall–Kier alpha value is -2.97. The molecule has 2 heteroatoms. The van der Waals surface area contributed by atoms with E-state index in [1.54, 1.807) is 0 Å². The molecule has 28 heavy (non-hydrogen) atoms. The number of benzene rings is 3. The fourth-order valence-electron chi connectivity index (χ4n) is 3.86. The Morgan fingerprint density at radius 3 is 1.75 bits per heavy atom. The van der Waals surface area contributed by atoms with Gasteiger partial charge in [0.05, 0.1) is 5.69 Å². The zero-order chi connectivity index (χ0) is 19.3. The molecular weight excluding hydrogens is 340 g/mol. The van der Waals surface area contributed by atoms with Crippen LogP contribution in [-0.4, -0.2) is 9.88 Å². The van der Waals surface area contributed by atoms with Crippen LogP contribution in [0.2, 0.25) is 0 Å². The molecule has 4 rings (SSSR count). The number of aromatic nitrogens is 1. The van der Waals surface area contributed by atoms with Crippen LogP contribution in [0.25, 0.3) is 10.8 Å². The molecule has 0 unspecified atom stereocenters. The van der Waals surface area contributed by atoms with Crippen LogP contribution in [0.3, 0.4) is 0 Å². The zero-order valence-electron chi connectivity index (χ0n) is 16.5. The molecule has 3 aromatic carbocycles. The number of rotatable bonds is 6. The summed E-state index contributed by atoms with van der Waals surface area (Å²) in [6.45, 7) is 5.38. The van der Waals surface area contributed by atoms with Crippen LogP contribution in [0.4, 0.5) is 0 Å². The molecule has 2 nitrogen and oxygen atoms in total. The molecule has 0 radical (unpaired) electrons. The lowest BCUT2D eigenvalue weighted by Crippen LogP contribution is -2.30. The molecule has 0 bridgehead atoms. The maximum Gasteiger partial charge on any atom is 0.0550 e. The van der Waals surface area contributed by atoms with E-state index in [9.17, 15) is 0 Å². The monoisotopic (exact) mass is 366 g/mol. The smallest absolute Gasteiger partial charge is 0.0550 e. The van der Waals surface area contributed by atoms with Gasteiger partial charge < -0.3 is 0 Å². The predicted molar refractivity (Wildman–Crippen MR) is 117 cm³/mol. The van der Waals surface area contributed by atoms with Crippen LogP contribution >= 0.6 is 0 Å². The van der Waals surface area contributed by atoms with Crippen LogP contribution in [0.1, 0.15) is 42.8 Å². The Morgan fingerprint density at radius 2 is 1.18 bits per heavy atom. The molecule has 0 saturated carbocycles. The van der Waals surface area contributed by atoms with Gasteiger partial charge in [-0.05, 0) is 36.4 Å². The van der Waals surface area contributed by atoms with E-state index in [1.807, 2.05) is 6.20 Å². The molecule has 0 amide bonds. The molecule has 0 aliphatic rings. The Labute approximate surface area is 167 Å². The molecule has 2 atom stereocenters. The highest BCUT2D eigenvalue weighted by Crippen LogP contribution is 2.32. The van der Waals surface area contributed by atoms with Crippen LogP contribution in [0.5, 0.6) is 0 Å². The van der Waals surface area contributed by atoms with Crippen molar-refractivity contribution in [2.45, 2.75) is 32.5 Å². The van der Waals surface area contributed by atoms with Crippen molar-refractivity contribution in [1.29, 1.82) is 0 Å². The first-order valence-corrected chi connectivity index (χ1v) is 9.91. The van der Waals surface area contributed by atoms with Crippen molar-refractivity contribution in [2.24, 2.45) is 0 Å². The highest BCUT2D eigenvalue weighted by atomic mass is 15.2. The van der Waals surface area contributed by atoms with E-state index in [-0.39, 0.29) is 12.1 Å². The second-order valence-corrected chi connectivity index (χ2v) is 7.37. The van der Waals surface area contributed by atoms with Gasteiger partial charge in [0.15, 0.2) is 0 Å². The van der Waals surface area contributed by atoms with Crippen LogP contribution in [-0.2, 0) is 6.54 Å². The van der Waals surface area contributed by atoms with E-state index in [0.717, 1.165) is 12.2 Å². The summed E-state index contributed by atoms with van der Waals surface area (Å²) in [5, 5.41) is 2.43. The number of hydrogen-bond acceptors (Lipinski definition) is 2. The van der Waals surface area contributed by atoms with Crippen LogP contribution in [0, 0.1) is 0 Å². The standard InChI is InChI=1S/C26H26N2/c1-20(22-11-5-3-6-12-22)28(21(2)23-13-7-4-8-14-23)19-26-17-24-15-9-10-16-25(24)18-27-26/h3-18,20-21H,19H2,1-2H3/t20-,21-/m1/s1. The van der Waals surface area contributed by atoms with Crippen molar-refractivity contribution in [3.05, 3.63) is 114 Å². The first kappa shape index (κ1) is 18.4. The first-order valence-electron chi connectivity index (χ1n) is 9.91. The summed E-state index contributed by atoms with van der Waals surface area (Å²) in [5.41, 5.74) is 3.75. The van der Waals surface area contributed by atoms with Gasteiger partial charge >= 0.3 is 0 Å². The average molecular weight is 367 g/mol. The Balaban J connectivity index is 1.69. The molecule has 0 fully saturated rings. The van der Waals surface area contributed by atoms with Crippen molar-refractivity contribution in [1.82, 2.24) is 9.88 Å². The third-order valence-corrected chi connectivity index (χ3v) is 5.59. The molecule has 0 saturated heterocycles. The summed E-state index contributed by atoms with van der Waals surface area (Å²) < 4.78 is 0.